The van der Waals surface area contributed by atoms with Gasteiger partial charge in [0, 0.05) is 49.9 Å². The number of likely N-dealkylation sites (N-methyl/N-ethyl adjacent to an activating group) is 1. The zero-order valence-corrected chi connectivity index (χ0v) is 11.4. The Hall–Kier alpha value is -0.840. The highest BCUT2D eigenvalue weighted by Crippen LogP contribution is 2.30. The van der Waals surface area contributed by atoms with Crippen LogP contribution in [0.15, 0.2) is 6.07 Å². The zero-order chi connectivity index (χ0) is 12.7. The summed E-state index contributed by atoms with van der Waals surface area (Å²) < 4.78 is 7.93. The molecular weight excluding hydrogens is 226 g/mol. The van der Waals surface area contributed by atoms with E-state index in [0.29, 0.717) is 12.0 Å². The smallest absolute Gasteiger partial charge is 0.0734 e. The van der Waals surface area contributed by atoms with Crippen LogP contribution in [0, 0.1) is 0 Å². The van der Waals surface area contributed by atoms with Crippen LogP contribution in [0.2, 0.25) is 0 Å². The van der Waals surface area contributed by atoms with Gasteiger partial charge >= 0.3 is 0 Å². The third-order valence-corrected chi connectivity index (χ3v) is 4.31. The van der Waals surface area contributed by atoms with Crippen LogP contribution in [0.3, 0.4) is 0 Å². The molecule has 0 aromatic carbocycles. The van der Waals surface area contributed by atoms with Crippen molar-refractivity contribution >= 4 is 0 Å². The SMILES string of the molecule is CN1CC(N)CC(c2cc3c(n2C)CCOC3)C1. The molecule has 2 aliphatic heterocycles. The lowest BCUT2D eigenvalue weighted by atomic mass is 9.92. The molecule has 100 valence electrons. The minimum Gasteiger partial charge on any atom is -0.376 e. The number of aromatic nitrogens is 1. The molecule has 18 heavy (non-hydrogen) atoms. The van der Waals surface area contributed by atoms with Crippen molar-refractivity contribution in [3.8, 4) is 0 Å². The zero-order valence-electron chi connectivity index (χ0n) is 11.4. The second-order valence-electron chi connectivity index (χ2n) is 5.82. The molecule has 4 heteroatoms. The van der Waals surface area contributed by atoms with E-state index in [1.165, 1.54) is 17.0 Å². The van der Waals surface area contributed by atoms with Gasteiger partial charge < -0.3 is 19.9 Å². The van der Waals surface area contributed by atoms with Gasteiger partial charge in [-0.2, -0.15) is 0 Å². The predicted molar refractivity (Wildman–Crippen MR) is 71.6 cm³/mol. The minimum absolute atomic E-state index is 0.303. The molecule has 0 spiro atoms. The monoisotopic (exact) mass is 249 g/mol. The third-order valence-electron chi connectivity index (χ3n) is 4.31. The number of nitrogens with zero attached hydrogens (tertiary/aromatic N) is 2. The number of nitrogens with two attached hydrogens (primary N) is 1. The number of likely N-dealkylation sites (tertiary alicyclic amines) is 1. The van der Waals surface area contributed by atoms with Gasteiger partial charge in [0.05, 0.1) is 13.2 Å². The van der Waals surface area contributed by atoms with Crippen molar-refractivity contribution in [2.75, 3.05) is 26.7 Å². The molecule has 3 heterocycles. The topological polar surface area (TPSA) is 43.4 Å². The highest BCUT2D eigenvalue weighted by Gasteiger charge is 2.28. The average Bonchev–Trinajstić information content (AvgIpc) is 2.66. The standard InChI is InChI=1S/C14H23N3O/c1-16-7-10(5-12(15)8-16)14-6-11-9-18-4-3-13(11)17(14)2/h6,10,12H,3-5,7-9,15H2,1-2H3. The Kier molecular flexibility index (Phi) is 3.18. The lowest BCUT2D eigenvalue weighted by Gasteiger charge is -2.34. The molecule has 0 aliphatic carbocycles. The van der Waals surface area contributed by atoms with E-state index in [1.54, 1.807) is 0 Å². The van der Waals surface area contributed by atoms with E-state index in [2.05, 4.69) is 29.6 Å². The first-order valence-electron chi connectivity index (χ1n) is 6.84. The van der Waals surface area contributed by atoms with E-state index in [4.69, 9.17) is 10.5 Å². The highest BCUT2D eigenvalue weighted by molar-refractivity contribution is 5.31. The summed E-state index contributed by atoms with van der Waals surface area (Å²) >= 11 is 0. The Bertz CT molecular complexity index is 430. The van der Waals surface area contributed by atoms with Crippen LogP contribution in [0.1, 0.15) is 29.3 Å². The van der Waals surface area contributed by atoms with E-state index in [1.807, 2.05) is 0 Å². The minimum atomic E-state index is 0.303. The fourth-order valence-corrected chi connectivity index (χ4v) is 3.51. The van der Waals surface area contributed by atoms with Crippen molar-refractivity contribution in [1.82, 2.24) is 9.47 Å². The molecule has 1 saturated heterocycles. The van der Waals surface area contributed by atoms with Crippen LogP contribution >= 0.6 is 0 Å². The first-order chi connectivity index (χ1) is 8.65. The van der Waals surface area contributed by atoms with Gasteiger partial charge in [-0.15, -0.1) is 0 Å². The second-order valence-corrected chi connectivity index (χ2v) is 5.82. The Balaban J connectivity index is 1.89. The number of rotatable bonds is 1. The predicted octanol–water partition coefficient (Wildman–Crippen LogP) is 0.844. The van der Waals surface area contributed by atoms with Crippen molar-refractivity contribution in [3.63, 3.8) is 0 Å². The molecule has 2 N–H and O–H groups in total. The van der Waals surface area contributed by atoms with Gasteiger partial charge in [0.1, 0.15) is 0 Å². The summed E-state index contributed by atoms with van der Waals surface area (Å²) in [5.74, 6) is 0.564. The van der Waals surface area contributed by atoms with Crippen molar-refractivity contribution in [1.29, 1.82) is 0 Å². The van der Waals surface area contributed by atoms with Crippen LogP contribution in [-0.4, -0.2) is 42.3 Å². The molecule has 0 amide bonds. The maximum absolute atomic E-state index is 6.15. The normalized spacial score (nSPS) is 29.3. The molecule has 1 aromatic rings. The first kappa shape index (κ1) is 12.2. The molecule has 2 atom stereocenters. The van der Waals surface area contributed by atoms with Gasteiger partial charge in [0.2, 0.25) is 0 Å². The van der Waals surface area contributed by atoms with Gasteiger partial charge in [0.25, 0.3) is 0 Å². The quantitative estimate of drug-likeness (QED) is 0.802. The van der Waals surface area contributed by atoms with Gasteiger partial charge in [-0.3, -0.25) is 0 Å². The van der Waals surface area contributed by atoms with Gasteiger partial charge in [-0.05, 0) is 25.1 Å². The third kappa shape index (κ3) is 2.09. The van der Waals surface area contributed by atoms with E-state index in [-0.39, 0.29) is 0 Å². The van der Waals surface area contributed by atoms with Crippen molar-refractivity contribution < 1.29 is 4.74 Å². The Morgan fingerprint density at radius 3 is 2.89 bits per heavy atom. The fourth-order valence-electron chi connectivity index (χ4n) is 3.51. The van der Waals surface area contributed by atoms with Crippen molar-refractivity contribution in [2.24, 2.45) is 12.8 Å². The maximum Gasteiger partial charge on any atom is 0.0734 e. The number of fused-ring (bicyclic) bond motifs is 1. The molecule has 0 radical (unpaired) electrons. The molecule has 1 aromatic heterocycles. The van der Waals surface area contributed by atoms with Crippen LogP contribution < -0.4 is 5.73 Å². The molecule has 3 rings (SSSR count). The number of hydrogen-bond acceptors (Lipinski definition) is 3. The van der Waals surface area contributed by atoms with Crippen molar-refractivity contribution in [3.05, 3.63) is 23.0 Å². The molecule has 2 unspecified atom stereocenters. The van der Waals surface area contributed by atoms with Crippen LogP contribution in [-0.2, 0) is 24.8 Å². The summed E-state index contributed by atoms with van der Waals surface area (Å²) in [5.41, 5.74) is 10.4. The van der Waals surface area contributed by atoms with Crippen molar-refractivity contribution in [2.45, 2.75) is 31.4 Å². The van der Waals surface area contributed by atoms with E-state index in [9.17, 15) is 0 Å². The highest BCUT2D eigenvalue weighted by atomic mass is 16.5. The van der Waals surface area contributed by atoms with Crippen LogP contribution in [0.25, 0.3) is 0 Å². The summed E-state index contributed by atoms with van der Waals surface area (Å²) in [6.07, 6.45) is 2.14. The summed E-state index contributed by atoms with van der Waals surface area (Å²) in [6, 6.07) is 2.64. The summed E-state index contributed by atoms with van der Waals surface area (Å²) in [4.78, 5) is 2.35. The Morgan fingerprint density at radius 2 is 2.17 bits per heavy atom. The molecule has 2 aliphatic rings. The molecule has 1 fully saturated rings. The van der Waals surface area contributed by atoms with Crippen LogP contribution in [0.4, 0.5) is 0 Å². The summed E-state index contributed by atoms with van der Waals surface area (Å²) in [7, 11) is 4.36. The lowest BCUT2D eigenvalue weighted by molar-refractivity contribution is 0.109. The lowest BCUT2D eigenvalue weighted by Crippen LogP contribution is -2.44. The first-order valence-corrected chi connectivity index (χ1v) is 6.84. The summed E-state index contributed by atoms with van der Waals surface area (Å²) in [6.45, 7) is 3.77. The van der Waals surface area contributed by atoms with Gasteiger partial charge in [-0.25, -0.2) is 0 Å². The Morgan fingerprint density at radius 1 is 1.33 bits per heavy atom. The number of piperidine rings is 1. The molecule has 0 saturated carbocycles. The largest absolute Gasteiger partial charge is 0.376 e. The summed E-state index contributed by atoms with van der Waals surface area (Å²) in [5, 5.41) is 0. The van der Waals surface area contributed by atoms with Crippen LogP contribution in [0.5, 0.6) is 0 Å². The molecule has 0 bridgehead atoms. The molecule has 4 nitrogen and oxygen atoms in total. The van der Waals surface area contributed by atoms with Gasteiger partial charge in [-0.1, -0.05) is 0 Å². The average molecular weight is 249 g/mol. The molecular formula is C14H23N3O. The fraction of sp³-hybridized carbons (Fsp3) is 0.714. The number of hydrogen-bond donors (Lipinski definition) is 1. The van der Waals surface area contributed by atoms with E-state index >= 15 is 0 Å². The second kappa shape index (κ2) is 4.68. The maximum atomic E-state index is 6.15. The van der Waals surface area contributed by atoms with E-state index < -0.39 is 0 Å². The number of ether oxygens (including phenoxy) is 1. The van der Waals surface area contributed by atoms with Gasteiger partial charge in [0.15, 0.2) is 0 Å². The van der Waals surface area contributed by atoms with E-state index in [0.717, 1.165) is 39.1 Å². The Labute approximate surface area is 109 Å².